The van der Waals surface area contributed by atoms with Crippen LogP contribution in [0.5, 0.6) is 11.5 Å². The van der Waals surface area contributed by atoms with Crippen molar-refractivity contribution in [1.29, 1.82) is 0 Å². The van der Waals surface area contributed by atoms with Crippen molar-refractivity contribution in [2.45, 2.75) is 26.9 Å². The average molecular weight is 411 g/mol. The highest BCUT2D eigenvalue weighted by molar-refractivity contribution is 6.04. The molecule has 7 heteroatoms. The Morgan fingerprint density at radius 1 is 1.10 bits per heavy atom. The first-order valence-corrected chi connectivity index (χ1v) is 9.39. The summed E-state index contributed by atoms with van der Waals surface area (Å²) in [6, 6.07) is 11.9. The van der Waals surface area contributed by atoms with Gasteiger partial charge in [-0.15, -0.1) is 0 Å². The molecule has 0 aliphatic heterocycles. The van der Waals surface area contributed by atoms with Gasteiger partial charge in [-0.05, 0) is 50.6 Å². The minimum Gasteiger partial charge on any atom is -0.493 e. The van der Waals surface area contributed by atoms with E-state index >= 15 is 0 Å². The summed E-state index contributed by atoms with van der Waals surface area (Å²) in [7, 11) is 1.51. The highest BCUT2D eigenvalue weighted by Crippen LogP contribution is 2.28. The summed E-state index contributed by atoms with van der Waals surface area (Å²) < 4.78 is 15.9. The Morgan fingerprint density at radius 2 is 1.83 bits per heavy atom. The van der Waals surface area contributed by atoms with Crippen molar-refractivity contribution in [2.24, 2.45) is 0 Å². The van der Waals surface area contributed by atoms with Gasteiger partial charge in [-0.1, -0.05) is 30.4 Å². The predicted molar refractivity (Wildman–Crippen MR) is 114 cm³/mol. The molecule has 0 aliphatic carbocycles. The SMILES string of the molecule is C/C=C/c1ccc(OCC(=O)O[C@@H](C)C(=O)Nc2ccccc2C(C)=O)c(OC)c1. The van der Waals surface area contributed by atoms with Gasteiger partial charge in [0.25, 0.3) is 5.91 Å². The molecule has 158 valence electrons. The lowest BCUT2D eigenvalue weighted by Crippen LogP contribution is -2.32. The molecule has 1 amide bonds. The molecule has 0 bridgehead atoms. The summed E-state index contributed by atoms with van der Waals surface area (Å²) in [5.41, 5.74) is 1.67. The van der Waals surface area contributed by atoms with Crippen LogP contribution in [0.2, 0.25) is 0 Å². The van der Waals surface area contributed by atoms with Crippen LogP contribution in [-0.2, 0) is 14.3 Å². The molecular weight excluding hydrogens is 386 g/mol. The number of hydrogen-bond acceptors (Lipinski definition) is 6. The van der Waals surface area contributed by atoms with Crippen LogP contribution < -0.4 is 14.8 Å². The number of ether oxygens (including phenoxy) is 3. The lowest BCUT2D eigenvalue weighted by atomic mass is 10.1. The van der Waals surface area contributed by atoms with Gasteiger partial charge in [-0.2, -0.15) is 0 Å². The summed E-state index contributed by atoms with van der Waals surface area (Å²) in [5, 5.41) is 2.60. The van der Waals surface area contributed by atoms with Gasteiger partial charge >= 0.3 is 5.97 Å². The molecule has 0 aromatic heterocycles. The highest BCUT2D eigenvalue weighted by Gasteiger charge is 2.20. The molecule has 1 atom stereocenters. The number of allylic oxidation sites excluding steroid dienone is 1. The van der Waals surface area contributed by atoms with E-state index in [1.54, 1.807) is 36.4 Å². The number of para-hydroxylation sites is 1. The van der Waals surface area contributed by atoms with Gasteiger partial charge in [-0.25, -0.2) is 4.79 Å². The normalized spacial score (nSPS) is 11.6. The van der Waals surface area contributed by atoms with Crippen molar-refractivity contribution in [3.05, 3.63) is 59.7 Å². The maximum atomic E-state index is 12.3. The number of rotatable bonds is 9. The zero-order valence-electron chi connectivity index (χ0n) is 17.4. The molecule has 2 aromatic rings. The van der Waals surface area contributed by atoms with Crippen LogP contribution in [0.3, 0.4) is 0 Å². The first-order valence-electron chi connectivity index (χ1n) is 9.39. The smallest absolute Gasteiger partial charge is 0.344 e. The summed E-state index contributed by atoms with van der Waals surface area (Å²) >= 11 is 0. The van der Waals surface area contributed by atoms with Crippen LogP contribution in [-0.4, -0.2) is 37.5 Å². The van der Waals surface area contributed by atoms with Crippen LogP contribution in [0.25, 0.3) is 6.08 Å². The summed E-state index contributed by atoms with van der Waals surface area (Å²) in [6.07, 6.45) is 2.74. The summed E-state index contributed by atoms with van der Waals surface area (Å²) in [6.45, 7) is 4.37. The third-order valence-electron chi connectivity index (χ3n) is 4.13. The fourth-order valence-corrected chi connectivity index (χ4v) is 2.65. The number of carbonyl (C=O) groups is 3. The largest absolute Gasteiger partial charge is 0.493 e. The summed E-state index contributed by atoms with van der Waals surface area (Å²) in [4.78, 5) is 36.1. The molecule has 0 spiro atoms. The van der Waals surface area contributed by atoms with Gasteiger partial charge in [0.2, 0.25) is 0 Å². The van der Waals surface area contributed by atoms with E-state index in [4.69, 9.17) is 14.2 Å². The predicted octanol–water partition coefficient (Wildman–Crippen LogP) is 3.88. The standard InChI is InChI=1S/C23H25NO6/c1-5-8-17-11-12-20(21(13-17)28-4)29-14-22(26)30-16(3)23(27)24-19-10-7-6-9-18(19)15(2)25/h5-13,16H,14H2,1-4H3,(H,24,27)/b8-5+/t16-/m0/s1. The summed E-state index contributed by atoms with van der Waals surface area (Å²) in [5.74, 6) is -0.582. The number of amides is 1. The number of nitrogens with one attached hydrogen (secondary N) is 1. The Balaban J connectivity index is 1.93. The van der Waals surface area contributed by atoms with Crippen LogP contribution in [0.4, 0.5) is 5.69 Å². The van der Waals surface area contributed by atoms with E-state index < -0.39 is 18.0 Å². The van der Waals surface area contributed by atoms with Gasteiger partial charge in [0.15, 0.2) is 30.0 Å². The third-order valence-corrected chi connectivity index (χ3v) is 4.13. The second kappa shape index (κ2) is 10.8. The monoisotopic (exact) mass is 411 g/mol. The minimum absolute atomic E-state index is 0.182. The minimum atomic E-state index is -1.07. The Morgan fingerprint density at radius 3 is 2.50 bits per heavy atom. The second-order valence-corrected chi connectivity index (χ2v) is 6.42. The van der Waals surface area contributed by atoms with Crippen LogP contribution in [0, 0.1) is 0 Å². The van der Waals surface area contributed by atoms with Crippen LogP contribution >= 0.6 is 0 Å². The number of hydrogen-bond donors (Lipinski definition) is 1. The van der Waals surface area contributed by atoms with Crippen molar-refractivity contribution in [1.82, 2.24) is 0 Å². The first kappa shape index (κ1) is 22.7. The molecule has 2 aromatic carbocycles. The zero-order valence-corrected chi connectivity index (χ0v) is 17.4. The van der Waals surface area contributed by atoms with Gasteiger partial charge in [0, 0.05) is 5.56 Å². The van der Waals surface area contributed by atoms with Gasteiger partial charge in [0.05, 0.1) is 12.8 Å². The molecule has 30 heavy (non-hydrogen) atoms. The van der Waals surface area contributed by atoms with Crippen LogP contribution in [0.1, 0.15) is 36.7 Å². The number of carbonyl (C=O) groups excluding carboxylic acids is 3. The number of benzene rings is 2. The van der Waals surface area contributed by atoms with E-state index in [-0.39, 0.29) is 12.4 Å². The molecule has 0 unspecified atom stereocenters. The van der Waals surface area contributed by atoms with Crippen LogP contribution in [0.15, 0.2) is 48.5 Å². The number of Topliss-reactive ketones (excluding diaryl/α,β-unsaturated/α-hetero) is 1. The van der Waals surface area contributed by atoms with Crippen molar-refractivity contribution in [2.75, 3.05) is 19.0 Å². The topological polar surface area (TPSA) is 90.9 Å². The second-order valence-electron chi connectivity index (χ2n) is 6.42. The van der Waals surface area contributed by atoms with E-state index in [1.165, 1.54) is 21.0 Å². The Hall–Kier alpha value is -3.61. The number of methoxy groups -OCH3 is 1. The Bertz CT molecular complexity index is 950. The maximum Gasteiger partial charge on any atom is 0.344 e. The quantitative estimate of drug-likeness (QED) is 0.497. The van der Waals surface area contributed by atoms with Crippen molar-refractivity contribution in [3.63, 3.8) is 0 Å². The molecule has 0 heterocycles. The molecule has 7 nitrogen and oxygen atoms in total. The molecule has 0 saturated carbocycles. The molecule has 0 saturated heterocycles. The Kier molecular flexibility index (Phi) is 8.17. The first-order chi connectivity index (χ1) is 14.3. The molecule has 0 radical (unpaired) electrons. The fraction of sp³-hybridized carbons (Fsp3) is 0.261. The molecule has 0 aliphatic rings. The van der Waals surface area contributed by atoms with Gasteiger partial charge < -0.3 is 19.5 Å². The fourth-order valence-electron chi connectivity index (χ4n) is 2.65. The molecule has 2 rings (SSSR count). The van der Waals surface area contributed by atoms with Crippen molar-refractivity contribution >= 4 is 29.4 Å². The van der Waals surface area contributed by atoms with E-state index in [2.05, 4.69) is 5.32 Å². The number of anilines is 1. The maximum absolute atomic E-state index is 12.3. The number of ketones is 1. The van der Waals surface area contributed by atoms with E-state index in [1.807, 2.05) is 25.1 Å². The van der Waals surface area contributed by atoms with Gasteiger partial charge in [0.1, 0.15) is 0 Å². The van der Waals surface area contributed by atoms with Crippen molar-refractivity contribution < 1.29 is 28.6 Å². The highest BCUT2D eigenvalue weighted by atomic mass is 16.6. The zero-order chi connectivity index (χ0) is 22.1. The lowest BCUT2D eigenvalue weighted by molar-refractivity contribution is -0.155. The third kappa shape index (κ3) is 6.20. The van der Waals surface area contributed by atoms with E-state index in [0.717, 1.165) is 5.56 Å². The Labute approximate surface area is 175 Å². The molecule has 0 fully saturated rings. The average Bonchev–Trinajstić information content (AvgIpc) is 2.73. The van der Waals surface area contributed by atoms with Gasteiger partial charge in [-0.3, -0.25) is 9.59 Å². The van der Waals surface area contributed by atoms with E-state index in [9.17, 15) is 14.4 Å². The van der Waals surface area contributed by atoms with E-state index in [0.29, 0.717) is 22.7 Å². The lowest BCUT2D eigenvalue weighted by Gasteiger charge is -2.16. The number of esters is 1. The van der Waals surface area contributed by atoms with Crippen molar-refractivity contribution in [3.8, 4) is 11.5 Å². The molecule has 1 N–H and O–H groups in total. The molecular formula is C23H25NO6.